The standard InChI is InChI=1S/C25H27N2S/c1-2-27-22-12-4-5-13-23(22)28-24(27)14-6-3-9-19-17-20-10-7-15-26-16-8-11-21(18-19)25(20)26/h3-6,9,12-14,17-18H,2,7-8,10-11,15-16H2,1H3/q+1. The lowest BCUT2D eigenvalue weighted by atomic mass is 9.90. The number of para-hydroxylation sites is 1. The fourth-order valence-electron chi connectivity index (χ4n) is 4.73. The molecular formula is C25H27N2S+. The molecule has 0 unspecified atom stereocenters. The Kier molecular flexibility index (Phi) is 4.77. The maximum Gasteiger partial charge on any atom is 0.262 e. The summed E-state index contributed by atoms with van der Waals surface area (Å²) < 4.78 is 3.74. The van der Waals surface area contributed by atoms with Crippen LogP contribution in [0.15, 0.2) is 48.6 Å². The van der Waals surface area contributed by atoms with Crippen molar-refractivity contribution in [3.8, 4) is 0 Å². The summed E-state index contributed by atoms with van der Waals surface area (Å²) in [7, 11) is 0. The number of anilines is 1. The summed E-state index contributed by atoms with van der Waals surface area (Å²) in [6, 6.07) is 13.5. The van der Waals surface area contributed by atoms with Crippen LogP contribution >= 0.6 is 11.3 Å². The van der Waals surface area contributed by atoms with Gasteiger partial charge < -0.3 is 4.90 Å². The van der Waals surface area contributed by atoms with Crippen molar-refractivity contribution >= 4 is 39.4 Å². The van der Waals surface area contributed by atoms with E-state index in [1.165, 1.54) is 59.6 Å². The predicted octanol–water partition coefficient (Wildman–Crippen LogP) is 5.63. The number of allylic oxidation sites excluding steroid dienone is 2. The first-order valence-corrected chi connectivity index (χ1v) is 11.3. The van der Waals surface area contributed by atoms with Crippen molar-refractivity contribution in [1.82, 2.24) is 0 Å². The quantitative estimate of drug-likeness (QED) is 0.415. The van der Waals surface area contributed by atoms with Gasteiger partial charge in [0.2, 0.25) is 5.52 Å². The highest BCUT2D eigenvalue weighted by Crippen LogP contribution is 2.36. The van der Waals surface area contributed by atoms with Gasteiger partial charge in [-0.3, -0.25) is 0 Å². The Labute approximate surface area is 171 Å². The van der Waals surface area contributed by atoms with Crippen LogP contribution in [0, 0.1) is 0 Å². The normalized spacial score (nSPS) is 16.4. The number of fused-ring (bicyclic) bond motifs is 1. The maximum absolute atomic E-state index is 2.61. The van der Waals surface area contributed by atoms with Crippen LogP contribution in [0.2, 0.25) is 0 Å². The number of rotatable bonds is 4. The summed E-state index contributed by atoms with van der Waals surface area (Å²) in [4.78, 5) is 2.61. The Morgan fingerprint density at radius 1 is 1.00 bits per heavy atom. The number of benzene rings is 2. The van der Waals surface area contributed by atoms with Gasteiger partial charge in [0.1, 0.15) is 11.2 Å². The molecule has 0 saturated carbocycles. The van der Waals surface area contributed by atoms with Crippen LogP contribution < -0.4 is 9.47 Å². The fraction of sp³-hybridized carbons (Fsp3) is 0.320. The van der Waals surface area contributed by atoms with Gasteiger partial charge in [-0.15, -0.1) is 0 Å². The summed E-state index contributed by atoms with van der Waals surface area (Å²) in [5, 5.41) is 1.31. The minimum Gasteiger partial charge on any atom is -0.371 e. The molecule has 0 N–H and O–H groups in total. The second kappa shape index (κ2) is 7.56. The number of thiazole rings is 1. The van der Waals surface area contributed by atoms with E-state index in [0.29, 0.717) is 0 Å². The van der Waals surface area contributed by atoms with Gasteiger partial charge in [-0.25, -0.2) is 0 Å². The topological polar surface area (TPSA) is 7.12 Å². The zero-order valence-electron chi connectivity index (χ0n) is 16.5. The van der Waals surface area contributed by atoms with E-state index in [4.69, 9.17) is 0 Å². The molecule has 0 atom stereocenters. The first-order valence-electron chi connectivity index (χ1n) is 10.5. The van der Waals surface area contributed by atoms with Crippen molar-refractivity contribution in [3.63, 3.8) is 0 Å². The van der Waals surface area contributed by atoms with Crippen LogP contribution in [0.25, 0.3) is 22.4 Å². The third kappa shape index (κ3) is 3.18. The van der Waals surface area contributed by atoms with Crippen molar-refractivity contribution in [2.24, 2.45) is 0 Å². The largest absolute Gasteiger partial charge is 0.371 e. The van der Waals surface area contributed by atoms with Crippen LogP contribution in [-0.2, 0) is 19.4 Å². The van der Waals surface area contributed by atoms with Gasteiger partial charge in [0.15, 0.2) is 0 Å². The Balaban J connectivity index is 1.40. The second-order valence-corrected chi connectivity index (χ2v) is 8.81. The lowest BCUT2D eigenvalue weighted by Crippen LogP contribution is -2.34. The number of hydrogen-bond acceptors (Lipinski definition) is 2. The van der Waals surface area contributed by atoms with Crippen molar-refractivity contribution in [1.29, 1.82) is 0 Å². The SMILES string of the molecule is CC[n+]1c(C=CC=Cc2cc3c4c(c2)CCCN4CCC3)sc2ccccc21. The van der Waals surface area contributed by atoms with Gasteiger partial charge in [-0.1, -0.05) is 41.7 Å². The number of hydrogen-bond donors (Lipinski definition) is 0. The smallest absolute Gasteiger partial charge is 0.262 e. The van der Waals surface area contributed by atoms with E-state index in [9.17, 15) is 0 Å². The molecule has 2 aromatic carbocycles. The summed E-state index contributed by atoms with van der Waals surface area (Å²) in [6.07, 6.45) is 13.9. The zero-order chi connectivity index (χ0) is 18.9. The molecule has 3 heterocycles. The van der Waals surface area contributed by atoms with Gasteiger partial charge >= 0.3 is 0 Å². The molecule has 2 aliphatic rings. The number of aromatic nitrogens is 1. The molecule has 0 amide bonds. The molecule has 2 aliphatic heterocycles. The molecule has 2 nitrogen and oxygen atoms in total. The molecule has 142 valence electrons. The van der Waals surface area contributed by atoms with E-state index in [2.05, 4.69) is 77.1 Å². The van der Waals surface area contributed by atoms with E-state index >= 15 is 0 Å². The maximum atomic E-state index is 2.61. The van der Waals surface area contributed by atoms with Crippen LogP contribution in [0.5, 0.6) is 0 Å². The molecule has 0 bridgehead atoms. The minimum atomic E-state index is 0.998. The zero-order valence-corrected chi connectivity index (χ0v) is 17.3. The van der Waals surface area contributed by atoms with Gasteiger partial charge in [0.05, 0.1) is 0 Å². The molecule has 3 heteroatoms. The third-order valence-electron chi connectivity index (χ3n) is 5.95. The molecule has 28 heavy (non-hydrogen) atoms. The molecule has 5 rings (SSSR count). The summed E-state index contributed by atoms with van der Waals surface area (Å²) in [6.45, 7) is 5.70. The van der Waals surface area contributed by atoms with Gasteiger partial charge in [0, 0.05) is 30.9 Å². The van der Waals surface area contributed by atoms with Crippen molar-refractivity contribution in [2.75, 3.05) is 18.0 Å². The van der Waals surface area contributed by atoms with Gasteiger partial charge in [-0.05, 0) is 67.5 Å². The van der Waals surface area contributed by atoms with Crippen molar-refractivity contribution in [3.05, 3.63) is 70.2 Å². The highest BCUT2D eigenvalue weighted by molar-refractivity contribution is 7.18. The highest BCUT2D eigenvalue weighted by Gasteiger charge is 2.23. The fourth-order valence-corrected chi connectivity index (χ4v) is 5.87. The van der Waals surface area contributed by atoms with E-state index in [-0.39, 0.29) is 0 Å². The highest BCUT2D eigenvalue weighted by atomic mass is 32.1. The van der Waals surface area contributed by atoms with Crippen LogP contribution in [0.3, 0.4) is 0 Å². The lowest BCUT2D eigenvalue weighted by Gasteiger charge is -2.37. The number of aryl methyl sites for hydroxylation is 3. The van der Waals surface area contributed by atoms with E-state index in [1.54, 1.807) is 16.8 Å². The average molecular weight is 388 g/mol. The second-order valence-electron chi connectivity index (χ2n) is 7.75. The Hall–Kier alpha value is -2.39. The average Bonchev–Trinajstić information content (AvgIpc) is 3.09. The van der Waals surface area contributed by atoms with Gasteiger partial charge in [0.25, 0.3) is 5.01 Å². The van der Waals surface area contributed by atoms with Gasteiger partial charge in [-0.2, -0.15) is 4.57 Å². The van der Waals surface area contributed by atoms with Crippen LogP contribution in [-0.4, -0.2) is 13.1 Å². The molecule has 0 aliphatic carbocycles. The van der Waals surface area contributed by atoms with E-state index in [1.807, 2.05) is 11.3 Å². The van der Waals surface area contributed by atoms with Crippen molar-refractivity contribution in [2.45, 2.75) is 39.2 Å². The van der Waals surface area contributed by atoms with E-state index < -0.39 is 0 Å². The summed E-state index contributed by atoms with van der Waals surface area (Å²) >= 11 is 1.86. The van der Waals surface area contributed by atoms with Crippen LogP contribution in [0.4, 0.5) is 5.69 Å². The molecule has 0 fully saturated rings. The first kappa shape index (κ1) is 17.7. The summed E-state index contributed by atoms with van der Waals surface area (Å²) in [5.74, 6) is 0. The van der Waals surface area contributed by atoms with Crippen molar-refractivity contribution < 1.29 is 4.57 Å². The molecule has 1 aromatic heterocycles. The molecule has 3 aromatic rings. The van der Waals surface area contributed by atoms with Crippen LogP contribution in [0.1, 0.15) is 41.5 Å². The Bertz CT molecular complexity index is 1040. The molecule has 0 saturated heterocycles. The first-order chi connectivity index (χ1) is 13.8. The predicted molar refractivity (Wildman–Crippen MR) is 121 cm³/mol. The molecular weight excluding hydrogens is 360 g/mol. The number of nitrogens with zero attached hydrogens (tertiary/aromatic N) is 2. The molecule has 0 spiro atoms. The summed E-state index contributed by atoms with van der Waals surface area (Å²) in [5.41, 5.74) is 7.35. The lowest BCUT2D eigenvalue weighted by molar-refractivity contribution is -0.665. The van der Waals surface area contributed by atoms with E-state index in [0.717, 1.165) is 6.54 Å². The Morgan fingerprint density at radius 3 is 2.46 bits per heavy atom. The monoisotopic (exact) mass is 387 g/mol. The molecule has 0 radical (unpaired) electrons. The Morgan fingerprint density at radius 2 is 1.71 bits per heavy atom. The minimum absolute atomic E-state index is 0.998. The third-order valence-corrected chi connectivity index (χ3v) is 7.08.